The van der Waals surface area contributed by atoms with Crippen molar-refractivity contribution in [3.63, 3.8) is 0 Å². The van der Waals surface area contributed by atoms with Crippen molar-refractivity contribution in [1.82, 2.24) is 9.80 Å². The molecule has 2 N–H and O–H groups in total. The fourth-order valence-corrected chi connectivity index (χ4v) is 4.17. The smallest absolute Gasteiger partial charge is 0.0593 e. The summed E-state index contributed by atoms with van der Waals surface area (Å²) >= 11 is 0. The fourth-order valence-electron chi connectivity index (χ4n) is 4.17. The maximum Gasteiger partial charge on any atom is 0.0593 e. The van der Waals surface area contributed by atoms with E-state index in [-0.39, 0.29) is 5.54 Å². The van der Waals surface area contributed by atoms with Crippen LogP contribution in [-0.4, -0.2) is 67.8 Å². The molecule has 0 radical (unpaired) electrons. The van der Waals surface area contributed by atoms with Crippen LogP contribution in [0.4, 0.5) is 0 Å². The van der Waals surface area contributed by atoms with E-state index in [1.165, 1.54) is 51.6 Å². The van der Waals surface area contributed by atoms with Gasteiger partial charge in [0.2, 0.25) is 0 Å². The summed E-state index contributed by atoms with van der Waals surface area (Å²) < 4.78 is 5.82. The molecule has 4 nitrogen and oxygen atoms in total. The Morgan fingerprint density at radius 1 is 1.25 bits per heavy atom. The maximum atomic E-state index is 6.23. The molecule has 3 aliphatic rings. The van der Waals surface area contributed by atoms with Crippen LogP contribution in [0.3, 0.4) is 0 Å². The zero-order chi connectivity index (χ0) is 14.0. The minimum atomic E-state index is 0.198. The van der Waals surface area contributed by atoms with Crippen molar-refractivity contribution >= 4 is 0 Å². The first-order valence-electron chi connectivity index (χ1n) is 8.49. The third kappa shape index (κ3) is 2.89. The standard InChI is InChI=1S/C16H31N3O/c1-18(10-11-20-12-14-5-6-14)16(13-17)7-9-19-8-3-2-4-15(16)19/h14-15H,2-13,17H2,1H3. The number of piperidine rings is 1. The van der Waals surface area contributed by atoms with Crippen molar-refractivity contribution in [2.75, 3.05) is 46.4 Å². The molecule has 20 heavy (non-hydrogen) atoms. The van der Waals surface area contributed by atoms with E-state index in [0.29, 0.717) is 6.04 Å². The fraction of sp³-hybridized carbons (Fsp3) is 1.00. The lowest BCUT2D eigenvalue weighted by molar-refractivity contribution is 0.0276. The molecule has 0 amide bonds. The van der Waals surface area contributed by atoms with Gasteiger partial charge in [-0.3, -0.25) is 9.80 Å². The number of ether oxygens (including phenoxy) is 1. The Balaban J connectivity index is 1.53. The minimum Gasteiger partial charge on any atom is -0.380 e. The summed E-state index contributed by atoms with van der Waals surface area (Å²) in [4.78, 5) is 5.19. The molecule has 0 aromatic carbocycles. The predicted octanol–water partition coefficient (Wildman–Crippen LogP) is 1.30. The molecule has 2 unspecified atom stereocenters. The van der Waals surface area contributed by atoms with E-state index in [4.69, 9.17) is 10.5 Å². The molecule has 3 rings (SSSR count). The molecule has 1 aliphatic carbocycles. The Bertz CT molecular complexity index is 321. The average molecular weight is 281 g/mol. The van der Waals surface area contributed by atoms with Crippen LogP contribution in [0.15, 0.2) is 0 Å². The molecule has 0 aromatic heterocycles. The van der Waals surface area contributed by atoms with E-state index < -0.39 is 0 Å². The first kappa shape index (κ1) is 14.8. The molecule has 4 heteroatoms. The molecule has 116 valence electrons. The highest BCUT2D eigenvalue weighted by Crippen LogP contribution is 2.38. The van der Waals surface area contributed by atoms with Crippen molar-refractivity contribution < 1.29 is 4.74 Å². The van der Waals surface area contributed by atoms with Gasteiger partial charge in [-0.05, 0) is 51.6 Å². The lowest BCUT2D eigenvalue weighted by atomic mass is 9.84. The number of fused-ring (bicyclic) bond motifs is 1. The first-order valence-corrected chi connectivity index (χ1v) is 8.49. The zero-order valence-corrected chi connectivity index (χ0v) is 13.0. The lowest BCUT2D eigenvalue weighted by Gasteiger charge is -2.46. The summed E-state index contributed by atoms with van der Waals surface area (Å²) in [5, 5.41) is 0. The van der Waals surface area contributed by atoms with Gasteiger partial charge in [-0.2, -0.15) is 0 Å². The second kappa shape index (κ2) is 6.30. The third-order valence-corrected chi connectivity index (χ3v) is 5.80. The second-order valence-electron chi connectivity index (χ2n) is 7.05. The molecule has 2 atom stereocenters. The highest BCUT2D eigenvalue weighted by atomic mass is 16.5. The van der Waals surface area contributed by atoms with Gasteiger partial charge < -0.3 is 10.5 Å². The molecule has 2 heterocycles. The molecule has 0 bridgehead atoms. The summed E-state index contributed by atoms with van der Waals surface area (Å²) in [5.74, 6) is 0.865. The van der Waals surface area contributed by atoms with E-state index in [2.05, 4.69) is 16.8 Å². The number of nitrogens with zero attached hydrogens (tertiary/aromatic N) is 2. The van der Waals surface area contributed by atoms with Crippen molar-refractivity contribution in [2.45, 2.75) is 50.1 Å². The van der Waals surface area contributed by atoms with E-state index in [0.717, 1.165) is 32.2 Å². The second-order valence-corrected chi connectivity index (χ2v) is 7.05. The first-order chi connectivity index (χ1) is 9.76. The molecule has 3 fully saturated rings. The van der Waals surface area contributed by atoms with Gasteiger partial charge in [0, 0.05) is 37.8 Å². The Morgan fingerprint density at radius 3 is 2.85 bits per heavy atom. The molecular formula is C16H31N3O. The highest BCUT2D eigenvalue weighted by molar-refractivity contribution is 5.08. The zero-order valence-electron chi connectivity index (χ0n) is 13.0. The van der Waals surface area contributed by atoms with Gasteiger partial charge >= 0.3 is 0 Å². The molecule has 1 saturated carbocycles. The molecular weight excluding hydrogens is 250 g/mol. The van der Waals surface area contributed by atoms with Crippen LogP contribution in [0.5, 0.6) is 0 Å². The van der Waals surface area contributed by atoms with E-state index in [1.807, 2.05) is 0 Å². The van der Waals surface area contributed by atoms with Gasteiger partial charge in [0.25, 0.3) is 0 Å². The van der Waals surface area contributed by atoms with Gasteiger partial charge in [-0.25, -0.2) is 0 Å². The van der Waals surface area contributed by atoms with Gasteiger partial charge in [0.05, 0.1) is 6.61 Å². The van der Waals surface area contributed by atoms with E-state index >= 15 is 0 Å². The van der Waals surface area contributed by atoms with Crippen molar-refractivity contribution in [2.24, 2.45) is 11.7 Å². The average Bonchev–Trinajstić information content (AvgIpc) is 3.23. The topological polar surface area (TPSA) is 41.7 Å². The Morgan fingerprint density at radius 2 is 2.10 bits per heavy atom. The van der Waals surface area contributed by atoms with E-state index in [1.54, 1.807) is 0 Å². The Labute approximate surface area is 123 Å². The van der Waals surface area contributed by atoms with E-state index in [9.17, 15) is 0 Å². The predicted molar refractivity (Wildman–Crippen MR) is 81.8 cm³/mol. The highest BCUT2D eigenvalue weighted by Gasteiger charge is 2.49. The van der Waals surface area contributed by atoms with Crippen LogP contribution in [0.1, 0.15) is 38.5 Å². The Kier molecular flexibility index (Phi) is 4.65. The van der Waals surface area contributed by atoms with Crippen LogP contribution in [-0.2, 0) is 4.74 Å². The van der Waals surface area contributed by atoms with Crippen molar-refractivity contribution in [3.05, 3.63) is 0 Å². The molecule has 0 spiro atoms. The number of hydrogen-bond acceptors (Lipinski definition) is 4. The number of rotatable bonds is 7. The molecule has 2 saturated heterocycles. The lowest BCUT2D eigenvalue weighted by Crippen LogP contribution is -2.61. The number of likely N-dealkylation sites (N-methyl/N-ethyl adjacent to an activating group) is 1. The summed E-state index contributed by atoms with van der Waals surface area (Å²) in [6.45, 7) is 6.15. The monoisotopic (exact) mass is 281 g/mol. The van der Waals surface area contributed by atoms with Crippen molar-refractivity contribution in [1.29, 1.82) is 0 Å². The number of nitrogens with two attached hydrogens (primary N) is 1. The van der Waals surface area contributed by atoms with Gasteiger partial charge in [-0.1, -0.05) is 6.42 Å². The largest absolute Gasteiger partial charge is 0.380 e. The van der Waals surface area contributed by atoms with Gasteiger partial charge in [-0.15, -0.1) is 0 Å². The Hall–Kier alpha value is -0.160. The molecule has 0 aromatic rings. The summed E-state index contributed by atoms with van der Waals surface area (Å²) in [7, 11) is 2.26. The molecule has 2 aliphatic heterocycles. The van der Waals surface area contributed by atoms with Crippen LogP contribution in [0, 0.1) is 5.92 Å². The van der Waals surface area contributed by atoms with Crippen LogP contribution in [0.25, 0.3) is 0 Å². The van der Waals surface area contributed by atoms with Crippen LogP contribution in [0.2, 0.25) is 0 Å². The third-order valence-electron chi connectivity index (χ3n) is 5.80. The number of hydrogen-bond donors (Lipinski definition) is 1. The normalized spacial score (nSPS) is 34.6. The quantitative estimate of drug-likeness (QED) is 0.714. The van der Waals surface area contributed by atoms with Crippen LogP contribution >= 0.6 is 0 Å². The summed E-state index contributed by atoms with van der Waals surface area (Å²) in [6, 6.07) is 0.676. The summed E-state index contributed by atoms with van der Waals surface area (Å²) in [5.41, 5.74) is 6.43. The SMILES string of the molecule is CN(CCOCC1CC1)C1(CN)CCN2CCCCC21. The maximum absolute atomic E-state index is 6.23. The van der Waals surface area contributed by atoms with Crippen molar-refractivity contribution in [3.8, 4) is 0 Å². The summed E-state index contributed by atoms with van der Waals surface area (Å²) in [6.07, 6.45) is 8.04. The van der Waals surface area contributed by atoms with Crippen LogP contribution < -0.4 is 5.73 Å². The van der Waals surface area contributed by atoms with Gasteiger partial charge in [0.1, 0.15) is 0 Å². The van der Waals surface area contributed by atoms with Gasteiger partial charge in [0.15, 0.2) is 0 Å². The minimum absolute atomic E-state index is 0.198.